The zero-order chi connectivity index (χ0) is 18.1. The van der Waals surface area contributed by atoms with E-state index in [1.54, 1.807) is 7.11 Å². The summed E-state index contributed by atoms with van der Waals surface area (Å²) in [5.74, 6) is 1.61. The molecular weight excluding hydrogens is 455 g/mol. The number of aliphatic imine (C=N–C) groups is 1. The van der Waals surface area contributed by atoms with Gasteiger partial charge in [-0.05, 0) is 31.0 Å². The molecule has 6 nitrogen and oxygen atoms in total. The van der Waals surface area contributed by atoms with Gasteiger partial charge in [-0.1, -0.05) is 12.1 Å². The molecule has 144 valence electrons. The van der Waals surface area contributed by atoms with Crippen LogP contribution in [0, 0.1) is 0 Å². The van der Waals surface area contributed by atoms with Crippen LogP contribution in [0.3, 0.4) is 0 Å². The molecule has 2 rings (SSSR count). The summed E-state index contributed by atoms with van der Waals surface area (Å²) in [4.78, 5) is 8.24. The van der Waals surface area contributed by atoms with Crippen molar-refractivity contribution in [1.82, 2.24) is 20.2 Å². The molecule has 0 unspecified atom stereocenters. The van der Waals surface area contributed by atoms with E-state index < -0.39 is 6.55 Å². The number of halogens is 3. The molecule has 0 fully saturated rings. The molecule has 0 saturated carbocycles. The summed E-state index contributed by atoms with van der Waals surface area (Å²) in [5.41, 5.74) is 1.16. The molecule has 0 atom stereocenters. The molecule has 2 aromatic rings. The summed E-state index contributed by atoms with van der Waals surface area (Å²) in [6.45, 7) is 0.757. The van der Waals surface area contributed by atoms with Gasteiger partial charge in [-0.2, -0.15) is 8.78 Å². The number of alkyl halides is 2. The number of hydrogen-bond donors (Lipinski definition) is 2. The number of guanidine groups is 1. The lowest BCUT2D eigenvalue weighted by atomic mass is 10.1. The van der Waals surface area contributed by atoms with E-state index >= 15 is 0 Å². The molecule has 0 saturated heterocycles. The van der Waals surface area contributed by atoms with Crippen LogP contribution in [0.2, 0.25) is 0 Å². The maximum absolute atomic E-state index is 12.8. The van der Waals surface area contributed by atoms with E-state index in [4.69, 9.17) is 4.74 Å². The normalized spacial score (nSPS) is 11.2. The van der Waals surface area contributed by atoms with Crippen molar-refractivity contribution >= 4 is 29.9 Å². The third-order valence-electron chi connectivity index (χ3n) is 3.55. The van der Waals surface area contributed by atoms with Crippen molar-refractivity contribution in [3.63, 3.8) is 0 Å². The van der Waals surface area contributed by atoms with Gasteiger partial charge in [-0.25, -0.2) is 9.98 Å². The Morgan fingerprint density at radius 2 is 2.00 bits per heavy atom. The minimum Gasteiger partial charge on any atom is -0.497 e. The van der Waals surface area contributed by atoms with Gasteiger partial charge in [0, 0.05) is 25.5 Å². The third-order valence-corrected chi connectivity index (χ3v) is 3.55. The van der Waals surface area contributed by atoms with Crippen LogP contribution in [0.15, 0.2) is 41.7 Å². The highest BCUT2D eigenvalue weighted by Gasteiger charge is 2.10. The van der Waals surface area contributed by atoms with E-state index in [2.05, 4.69) is 20.6 Å². The first-order chi connectivity index (χ1) is 12.1. The number of aromatic nitrogens is 2. The molecule has 0 bridgehead atoms. The predicted molar refractivity (Wildman–Crippen MR) is 108 cm³/mol. The Hall–Kier alpha value is -1.91. The van der Waals surface area contributed by atoms with Crippen molar-refractivity contribution in [2.45, 2.75) is 26.4 Å². The first-order valence-electron chi connectivity index (χ1n) is 8.09. The number of nitrogens with one attached hydrogen (secondary N) is 2. The van der Waals surface area contributed by atoms with Gasteiger partial charge in [0.15, 0.2) is 5.96 Å². The van der Waals surface area contributed by atoms with E-state index in [9.17, 15) is 8.78 Å². The maximum atomic E-state index is 12.8. The second-order valence-corrected chi connectivity index (χ2v) is 5.25. The molecule has 1 heterocycles. The highest BCUT2D eigenvalue weighted by atomic mass is 127. The molecule has 1 aromatic carbocycles. The second kappa shape index (κ2) is 11.7. The zero-order valence-corrected chi connectivity index (χ0v) is 17.1. The highest BCUT2D eigenvalue weighted by molar-refractivity contribution is 14.0. The average molecular weight is 479 g/mol. The summed E-state index contributed by atoms with van der Waals surface area (Å²) in [6, 6.07) is 7.84. The van der Waals surface area contributed by atoms with Crippen LogP contribution in [0.5, 0.6) is 5.75 Å². The molecule has 9 heteroatoms. The Morgan fingerprint density at radius 3 is 2.62 bits per heavy atom. The quantitative estimate of drug-likeness (QED) is 0.347. The van der Waals surface area contributed by atoms with Gasteiger partial charge in [0.25, 0.3) is 0 Å². The smallest absolute Gasteiger partial charge is 0.319 e. The lowest BCUT2D eigenvalue weighted by Crippen LogP contribution is -2.38. The third kappa shape index (κ3) is 6.77. The van der Waals surface area contributed by atoms with Crippen LogP contribution in [-0.4, -0.2) is 35.7 Å². The van der Waals surface area contributed by atoms with E-state index in [-0.39, 0.29) is 36.3 Å². The Balaban J connectivity index is 0.00000338. The molecule has 0 aliphatic carbocycles. The van der Waals surface area contributed by atoms with Crippen molar-refractivity contribution in [2.24, 2.45) is 4.99 Å². The summed E-state index contributed by atoms with van der Waals surface area (Å²) < 4.78 is 31.6. The number of methoxy groups -OCH3 is 1. The standard InChI is InChI=1S/C17H23F2N5O.HI/c1-3-20-17(23-12-15-21-10-11-24(15)16(18)19)22-9-8-13-4-6-14(25-2)7-5-13;/h4-7,10-11,16H,3,8-9,12H2,1-2H3,(H2,20,22,23);1H. The number of nitrogens with zero attached hydrogens (tertiary/aromatic N) is 3. The Morgan fingerprint density at radius 1 is 1.27 bits per heavy atom. The second-order valence-electron chi connectivity index (χ2n) is 5.25. The van der Waals surface area contributed by atoms with E-state index in [1.807, 2.05) is 31.2 Å². The Bertz CT molecular complexity index is 676. The maximum Gasteiger partial charge on any atom is 0.319 e. The fourth-order valence-electron chi connectivity index (χ4n) is 2.25. The molecular formula is C17H24F2IN5O. The van der Waals surface area contributed by atoms with Crippen LogP contribution in [-0.2, 0) is 13.0 Å². The topological polar surface area (TPSA) is 63.5 Å². The predicted octanol–water partition coefficient (Wildman–Crippen LogP) is 3.20. The van der Waals surface area contributed by atoms with E-state index in [0.29, 0.717) is 19.0 Å². The molecule has 26 heavy (non-hydrogen) atoms. The fraction of sp³-hybridized carbons (Fsp3) is 0.412. The van der Waals surface area contributed by atoms with Gasteiger partial charge in [0.05, 0.1) is 7.11 Å². The molecule has 0 amide bonds. The highest BCUT2D eigenvalue weighted by Crippen LogP contribution is 2.13. The molecule has 0 aliphatic rings. The average Bonchev–Trinajstić information content (AvgIpc) is 3.09. The molecule has 0 spiro atoms. The number of ether oxygens (including phenoxy) is 1. The minimum atomic E-state index is -2.61. The van der Waals surface area contributed by atoms with Crippen molar-refractivity contribution in [3.05, 3.63) is 48.0 Å². The molecule has 0 radical (unpaired) electrons. The first kappa shape index (κ1) is 22.1. The van der Waals surface area contributed by atoms with Gasteiger partial charge < -0.3 is 15.4 Å². The van der Waals surface area contributed by atoms with Crippen molar-refractivity contribution in [2.75, 3.05) is 20.2 Å². The Labute approximate surface area is 169 Å². The van der Waals surface area contributed by atoms with Gasteiger partial charge in [-0.15, -0.1) is 24.0 Å². The van der Waals surface area contributed by atoms with E-state index in [0.717, 1.165) is 22.3 Å². The zero-order valence-electron chi connectivity index (χ0n) is 14.8. The van der Waals surface area contributed by atoms with Crippen LogP contribution in [0.4, 0.5) is 8.78 Å². The molecule has 1 aromatic heterocycles. The number of rotatable bonds is 8. The lowest BCUT2D eigenvalue weighted by Gasteiger charge is -2.12. The first-order valence-corrected chi connectivity index (χ1v) is 8.09. The van der Waals surface area contributed by atoms with Gasteiger partial charge in [0.2, 0.25) is 0 Å². The number of benzene rings is 1. The fourth-order valence-corrected chi connectivity index (χ4v) is 2.25. The van der Waals surface area contributed by atoms with Crippen LogP contribution < -0.4 is 15.4 Å². The minimum absolute atomic E-state index is 0. The number of hydrogen-bond acceptors (Lipinski definition) is 3. The van der Waals surface area contributed by atoms with Gasteiger partial charge in [0.1, 0.15) is 18.1 Å². The molecule has 0 aliphatic heterocycles. The summed E-state index contributed by atoms with van der Waals surface area (Å²) in [5, 5.41) is 6.28. The Kier molecular flexibility index (Phi) is 9.92. The van der Waals surface area contributed by atoms with Crippen molar-refractivity contribution in [3.8, 4) is 5.75 Å². The monoisotopic (exact) mass is 479 g/mol. The largest absolute Gasteiger partial charge is 0.497 e. The van der Waals surface area contributed by atoms with Gasteiger partial charge in [-0.3, -0.25) is 4.57 Å². The number of imidazole rings is 1. The van der Waals surface area contributed by atoms with Crippen LogP contribution in [0.1, 0.15) is 24.9 Å². The summed E-state index contributed by atoms with van der Waals surface area (Å²) >= 11 is 0. The van der Waals surface area contributed by atoms with Crippen LogP contribution in [0.25, 0.3) is 0 Å². The van der Waals surface area contributed by atoms with E-state index in [1.165, 1.54) is 12.4 Å². The van der Waals surface area contributed by atoms with Crippen LogP contribution >= 0.6 is 24.0 Å². The lowest BCUT2D eigenvalue weighted by molar-refractivity contribution is 0.0671. The van der Waals surface area contributed by atoms with Crippen molar-refractivity contribution < 1.29 is 13.5 Å². The summed E-state index contributed by atoms with van der Waals surface area (Å²) in [6.07, 6.45) is 3.40. The summed E-state index contributed by atoms with van der Waals surface area (Å²) in [7, 11) is 1.63. The van der Waals surface area contributed by atoms with Gasteiger partial charge >= 0.3 is 6.55 Å². The van der Waals surface area contributed by atoms with Crippen molar-refractivity contribution in [1.29, 1.82) is 0 Å². The molecule has 2 N–H and O–H groups in total. The SMILES string of the molecule is CCNC(=NCc1nccn1C(F)F)NCCc1ccc(OC)cc1.I.